The van der Waals surface area contributed by atoms with Crippen molar-refractivity contribution in [2.24, 2.45) is 0 Å². The minimum Gasteiger partial charge on any atom is -0.492 e. The van der Waals surface area contributed by atoms with Crippen LogP contribution in [-0.2, 0) is 16.0 Å². The molecule has 0 radical (unpaired) electrons. The van der Waals surface area contributed by atoms with E-state index in [4.69, 9.17) is 9.15 Å². The Hall–Kier alpha value is -2.76. The first-order valence-electron chi connectivity index (χ1n) is 7.46. The Bertz CT molecular complexity index is 652. The summed E-state index contributed by atoms with van der Waals surface area (Å²) in [5.41, 5.74) is 0.466. The second kappa shape index (κ2) is 8.03. The van der Waals surface area contributed by atoms with Gasteiger partial charge in [0.25, 0.3) is 0 Å². The van der Waals surface area contributed by atoms with Crippen molar-refractivity contribution in [3.63, 3.8) is 0 Å². The van der Waals surface area contributed by atoms with Gasteiger partial charge in [-0.25, -0.2) is 0 Å². The number of carbonyl (C=O) groups excluding carboxylic acids is 2. The molecule has 122 valence electrons. The minimum atomic E-state index is -0.733. The number of hydrogen-bond donors (Lipinski definition) is 2. The van der Waals surface area contributed by atoms with Crippen molar-refractivity contribution >= 4 is 17.5 Å². The molecular weight excluding hydrogens is 296 g/mol. The number of nitrogens with one attached hydrogen (secondary N) is 2. The third-order valence-corrected chi connectivity index (χ3v) is 3.11. The summed E-state index contributed by atoms with van der Waals surface area (Å²) in [6.07, 6.45) is 2.09. The van der Waals surface area contributed by atoms with Crippen LogP contribution in [0.4, 0.5) is 5.69 Å². The van der Waals surface area contributed by atoms with Gasteiger partial charge in [-0.1, -0.05) is 12.1 Å². The lowest BCUT2D eigenvalue weighted by molar-refractivity contribution is -0.136. The maximum Gasteiger partial charge on any atom is 0.313 e. The van der Waals surface area contributed by atoms with E-state index in [1.807, 2.05) is 19.9 Å². The highest BCUT2D eigenvalue weighted by Gasteiger charge is 2.18. The number of hydrogen-bond acceptors (Lipinski definition) is 4. The number of carbonyl (C=O) groups is 2. The molecule has 6 nitrogen and oxygen atoms in total. The lowest BCUT2D eigenvalue weighted by Crippen LogP contribution is -2.41. The van der Waals surface area contributed by atoms with E-state index >= 15 is 0 Å². The molecule has 0 bridgehead atoms. The normalized spacial score (nSPS) is 11.6. The van der Waals surface area contributed by atoms with Crippen molar-refractivity contribution in [1.29, 1.82) is 0 Å². The van der Waals surface area contributed by atoms with Gasteiger partial charge in [-0.15, -0.1) is 0 Å². The number of furan rings is 1. The molecule has 0 aliphatic carbocycles. The van der Waals surface area contributed by atoms with Gasteiger partial charge >= 0.3 is 11.8 Å². The Morgan fingerprint density at radius 1 is 1.17 bits per heavy atom. The summed E-state index contributed by atoms with van der Waals surface area (Å²) in [5, 5.41) is 5.20. The third-order valence-electron chi connectivity index (χ3n) is 3.11. The zero-order valence-corrected chi connectivity index (χ0v) is 13.2. The molecule has 2 amide bonds. The Balaban J connectivity index is 1.91. The van der Waals surface area contributed by atoms with E-state index in [1.54, 1.807) is 36.6 Å². The van der Waals surface area contributed by atoms with Gasteiger partial charge in [0.1, 0.15) is 11.5 Å². The lowest BCUT2D eigenvalue weighted by atomic mass is 10.2. The molecule has 1 unspecified atom stereocenters. The van der Waals surface area contributed by atoms with Crippen LogP contribution in [0.5, 0.6) is 5.75 Å². The Kier molecular flexibility index (Phi) is 5.80. The number of amides is 2. The molecule has 2 N–H and O–H groups in total. The van der Waals surface area contributed by atoms with E-state index in [-0.39, 0.29) is 6.04 Å². The molecule has 2 rings (SSSR count). The summed E-state index contributed by atoms with van der Waals surface area (Å²) in [6, 6.07) is 10.4. The van der Waals surface area contributed by atoms with Crippen molar-refractivity contribution in [3.05, 3.63) is 48.4 Å². The van der Waals surface area contributed by atoms with Crippen LogP contribution in [0.2, 0.25) is 0 Å². The molecule has 0 spiro atoms. The zero-order chi connectivity index (χ0) is 16.7. The van der Waals surface area contributed by atoms with Crippen LogP contribution in [0, 0.1) is 0 Å². The molecule has 1 aromatic carbocycles. The number of para-hydroxylation sites is 2. The first kappa shape index (κ1) is 16.6. The van der Waals surface area contributed by atoms with E-state index in [9.17, 15) is 9.59 Å². The molecule has 0 fully saturated rings. The summed E-state index contributed by atoms with van der Waals surface area (Å²) in [6.45, 7) is 4.13. The molecule has 0 aliphatic heterocycles. The van der Waals surface area contributed by atoms with Gasteiger partial charge < -0.3 is 19.8 Å². The van der Waals surface area contributed by atoms with Crippen molar-refractivity contribution in [1.82, 2.24) is 5.32 Å². The zero-order valence-electron chi connectivity index (χ0n) is 13.2. The SMILES string of the molecule is CCOc1ccccc1NC(=O)C(=O)NC(C)Cc1ccco1. The van der Waals surface area contributed by atoms with Gasteiger partial charge in [0.05, 0.1) is 18.6 Å². The van der Waals surface area contributed by atoms with Gasteiger partial charge in [-0.2, -0.15) is 0 Å². The molecule has 0 aliphatic rings. The quantitative estimate of drug-likeness (QED) is 0.802. The Labute approximate surface area is 134 Å². The summed E-state index contributed by atoms with van der Waals surface area (Å²) in [4.78, 5) is 24.0. The lowest BCUT2D eigenvalue weighted by Gasteiger charge is -2.14. The standard InChI is InChI=1S/C17H20N2O4/c1-3-22-15-9-5-4-8-14(15)19-17(21)16(20)18-12(2)11-13-7-6-10-23-13/h4-10,12H,3,11H2,1-2H3,(H,18,20)(H,19,21). The fourth-order valence-electron chi connectivity index (χ4n) is 2.10. The van der Waals surface area contributed by atoms with Gasteiger partial charge in [0.15, 0.2) is 0 Å². The van der Waals surface area contributed by atoms with Crippen LogP contribution < -0.4 is 15.4 Å². The van der Waals surface area contributed by atoms with Gasteiger partial charge in [-0.3, -0.25) is 9.59 Å². The average molecular weight is 316 g/mol. The Morgan fingerprint density at radius 3 is 2.65 bits per heavy atom. The van der Waals surface area contributed by atoms with Gasteiger partial charge in [0, 0.05) is 12.5 Å². The highest BCUT2D eigenvalue weighted by atomic mass is 16.5. The Morgan fingerprint density at radius 2 is 1.96 bits per heavy atom. The van der Waals surface area contributed by atoms with E-state index in [2.05, 4.69) is 10.6 Å². The molecule has 1 atom stereocenters. The van der Waals surface area contributed by atoms with Crippen LogP contribution in [0.3, 0.4) is 0 Å². The molecular formula is C17H20N2O4. The number of anilines is 1. The molecule has 6 heteroatoms. The second-order valence-electron chi connectivity index (χ2n) is 5.04. The van der Waals surface area contributed by atoms with Crippen molar-refractivity contribution in [2.45, 2.75) is 26.3 Å². The molecule has 2 aromatic rings. The third kappa shape index (κ3) is 4.88. The molecule has 1 heterocycles. The highest BCUT2D eigenvalue weighted by Crippen LogP contribution is 2.23. The fourth-order valence-corrected chi connectivity index (χ4v) is 2.10. The minimum absolute atomic E-state index is 0.221. The monoisotopic (exact) mass is 316 g/mol. The van der Waals surface area contributed by atoms with Gasteiger partial charge in [-0.05, 0) is 38.1 Å². The average Bonchev–Trinajstić information content (AvgIpc) is 3.02. The molecule has 23 heavy (non-hydrogen) atoms. The maximum absolute atomic E-state index is 12.0. The molecule has 1 aromatic heterocycles. The van der Waals surface area contributed by atoms with Crippen LogP contribution in [-0.4, -0.2) is 24.5 Å². The van der Waals surface area contributed by atoms with Crippen molar-refractivity contribution in [2.75, 3.05) is 11.9 Å². The summed E-state index contributed by atoms with van der Waals surface area (Å²) in [5.74, 6) is -0.154. The largest absolute Gasteiger partial charge is 0.492 e. The number of benzene rings is 1. The molecule has 0 saturated heterocycles. The first-order valence-corrected chi connectivity index (χ1v) is 7.46. The van der Waals surface area contributed by atoms with Gasteiger partial charge in [0.2, 0.25) is 0 Å². The van der Waals surface area contributed by atoms with E-state index in [0.717, 1.165) is 5.76 Å². The predicted molar refractivity (Wildman–Crippen MR) is 86.3 cm³/mol. The van der Waals surface area contributed by atoms with Crippen molar-refractivity contribution in [3.8, 4) is 5.75 Å². The number of ether oxygens (including phenoxy) is 1. The first-order chi connectivity index (χ1) is 11.1. The van der Waals surface area contributed by atoms with Crippen LogP contribution in [0.25, 0.3) is 0 Å². The summed E-state index contributed by atoms with van der Waals surface area (Å²) < 4.78 is 10.6. The molecule has 0 saturated carbocycles. The second-order valence-corrected chi connectivity index (χ2v) is 5.04. The van der Waals surface area contributed by atoms with Crippen LogP contribution in [0.1, 0.15) is 19.6 Å². The summed E-state index contributed by atoms with van der Waals surface area (Å²) in [7, 11) is 0. The topological polar surface area (TPSA) is 80.6 Å². The van der Waals surface area contributed by atoms with E-state index in [0.29, 0.717) is 24.5 Å². The van der Waals surface area contributed by atoms with Crippen LogP contribution >= 0.6 is 0 Å². The van der Waals surface area contributed by atoms with Crippen molar-refractivity contribution < 1.29 is 18.7 Å². The smallest absolute Gasteiger partial charge is 0.313 e. The fraction of sp³-hybridized carbons (Fsp3) is 0.294. The maximum atomic E-state index is 12.0. The summed E-state index contributed by atoms with van der Waals surface area (Å²) >= 11 is 0. The van der Waals surface area contributed by atoms with E-state index in [1.165, 1.54) is 0 Å². The number of rotatable bonds is 6. The highest BCUT2D eigenvalue weighted by molar-refractivity contribution is 6.39. The predicted octanol–water partition coefficient (Wildman–Crippen LogP) is 2.36. The van der Waals surface area contributed by atoms with Crippen LogP contribution in [0.15, 0.2) is 47.1 Å². The van der Waals surface area contributed by atoms with E-state index < -0.39 is 11.8 Å².